The number of hydrogen-bond acceptors (Lipinski definition) is 4. The third kappa shape index (κ3) is 5.20. The number of carbonyl (C=O) groups is 1. The minimum atomic E-state index is -0.672. The molecular weight excluding hydrogens is 285 g/mol. The molecule has 0 saturated carbocycles. The Kier molecular flexibility index (Phi) is 6.23. The van der Waals surface area contributed by atoms with Gasteiger partial charge >= 0.3 is 6.16 Å². The Morgan fingerprint density at radius 1 is 1.54 bits per heavy atom. The molecule has 0 heterocycles. The number of rotatable bonds is 5. The average Bonchev–Trinajstić information content (AvgIpc) is 2.14. The summed E-state index contributed by atoms with van der Waals surface area (Å²) in [5.74, 6) is 0. The van der Waals surface area contributed by atoms with E-state index in [-0.39, 0.29) is 0 Å². The molecule has 0 aromatic rings. The summed E-state index contributed by atoms with van der Waals surface area (Å²) in [4.78, 5) is 15.6. The van der Waals surface area contributed by atoms with Crippen LogP contribution in [0.5, 0.6) is 0 Å². The van der Waals surface area contributed by atoms with Crippen LogP contribution in [0.2, 0.25) is 0 Å². The van der Waals surface area contributed by atoms with Gasteiger partial charge in [-0.15, -0.1) is 0 Å². The molecule has 0 aromatic heterocycles. The van der Waals surface area contributed by atoms with E-state index in [0.29, 0.717) is 0 Å². The van der Waals surface area contributed by atoms with Crippen molar-refractivity contribution in [1.82, 2.24) is 3.69 Å². The van der Waals surface area contributed by atoms with E-state index >= 15 is 0 Å². The molecule has 0 atom stereocenters. The lowest BCUT2D eigenvalue weighted by Gasteiger charge is -2.25. The van der Waals surface area contributed by atoms with Crippen LogP contribution in [0, 0.1) is 0 Å². The Hall–Kier alpha value is -0.170. The molecule has 0 bridgehead atoms. The summed E-state index contributed by atoms with van der Waals surface area (Å²) in [5.41, 5.74) is -0.418. The van der Waals surface area contributed by atoms with Gasteiger partial charge in [0.05, 0.1) is 0 Å². The molecule has 4 nitrogen and oxygen atoms in total. The fourth-order valence-corrected chi connectivity index (χ4v) is 1.01. The first-order chi connectivity index (χ1) is 6.08. The van der Waals surface area contributed by atoms with E-state index in [1.165, 1.54) is 0 Å². The highest BCUT2D eigenvalue weighted by atomic mass is 127. The van der Waals surface area contributed by atoms with E-state index in [1.807, 2.05) is 20.8 Å². The van der Waals surface area contributed by atoms with E-state index < -0.39 is 32.8 Å². The predicted molar refractivity (Wildman–Crippen MR) is 60.8 cm³/mol. The molecule has 0 aliphatic carbocycles. The quantitative estimate of drug-likeness (QED) is 0.367. The van der Waals surface area contributed by atoms with Crippen molar-refractivity contribution in [3.05, 3.63) is 0 Å². The molecule has 5 heteroatoms. The summed E-state index contributed by atoms with van der Waals surface area (Å²) in [6.45, 7) is 5.82. The number of carbonyl (C=O) groups excluding carboxylic acids is 1. The van der Waals surface area contributed by atoms with Gasteiger partial charge in [-0.05, 0) is 40.8 Å². The van der Waals surface area contributed by atoms with Crippen molar-refractivity contribution in [3.63, 3.8) is 0 Å². The van der Waals surface area contributed by atoms with Gasteiger partial charge < -0.3 is 9.57 Å². The fourth-order valence-electron chi connectivity index (χ4n) is 0.675. The molecule has 0 aliphatic rings. The monoisotopic (exact) mass is 301 g/mol. The maximum Gasteiger partial charge on any atom is 0.528 e. The summed E-state index contributed by atoms with van der Waals surface area (Å²) in [5, 5.41) is 0. The van der Waals surface area contributed by atoms with Crippen molar-refractivity contribution in [1.29, 1.82) is 0 Å². The smallest absolute Gasteiger partial charge is 0.427 e. The molecule has 0 amide bonds. The molecular formula is C8H16INO3. The first-order valence-corrected chi connectivity index (χ1v) is 6.70. The van der Waals surface area contributed by atoms with Gasteiger partial charge in [0, 0.05) is 0 Å². The highest BCUT2D eigenvalue weighted by Gasteiger charge is 2.25. The van der Waals surface area contributed by atoms with Gasteiger partial charge in [-0.3, -0.25) is 0 Å². The zero-order valence-corrected chi connectivity index (χ0v) is 10.4. The van der Waals surface area contributed by atoms with E-state index in [9.17, 15) is 4.79 Å². The molecule has 13 heavy (non-hydrogen) atoms. The van der Waals surface area contributed by atoms with Crippen molar-refractivity contribution < 1.29 is 14.4 Å². The van der Waals surface area contributed by atoms with Crippen LogP contribution in [-0.2, 0) is 9.57 Å². The highest BCUT2D eigenvalue weighted by Crippen LogP contribution is 2.19. The second-order valence-electron chi connectivity index (χ2n) is 2.82. The van der Waals surface area contributed by atoms with Gasteiger partial charge in [-0.1, -0.05) is 22.1 Å². The SMILES string of the molecule is C=INOC(=O)OC(C)(CC)CC. The van der Waals surface area contributed by atoms with E-state index in [2.05, 4.69) is 13.0 Å². The van der Waals surface area contributed by atoms with Crippen LogP contribution in [-0.4, -0.2) is 16.3 Å². The zero-order valence-electron chi connectivity index (χ0n) is 8.22. The molecule has 0 aromatic carbocycles. The molecule has 78 valence electrons. The number of halogens is 1. The van der Waals surface area contributed by atoms with Gasteiger partial charge in [-0.25, -0.2) is 4.79 Å². The molecule has 0 radical (unpaired) electrons. The van der Waals surface area contributed by atoms with Crippen LogP contribution in [0.1, 0.15) is 33.6 Å². The van der Waals surface area contributed by atoms with Crippen LogP contribution in [0.4, 0.5) is 4.79 Å². The molecule has 0 unspecified atom stereocenters. The van der Waals surface area contributed by atoms with Crippen LogP contribution in [0.25, 0.3) is 0 Å². The molecule has 0 saturated heterocycles. The summed E-state index contributed by atoms with van der Waals surface area (Å²) >= 11 is -0.501. The first kappa shape index (κ1) is 12.8. The Morgan fingerprint density at radius 2 is 2.08 bits per heavy atom. The van der Waals surface area contributed by atoms with E-state index in [4.69, 9.17) is 4.74 Å². The second-order valence-corrected chi connectivity index (χ2v) is 4.03. The lowest BCUT2D eigenvalue weighted by Crippen LogP contribution is -2.31. The highest BCUT2D eigenvalue weighted by molar-refractivity contribution is 14.2. The molecule has 0 spiro atoms. The van der Waals surface area contributed by atoms with Gasteiger partial charge in [0.25, 0.3) is 0 Å². The van der Waals surface area contributed by atoms with Gasteiger partial charge in [0.2, 0.25) is 0 Å². The van der Waals surface area contributed by atoms with Crippen molar-refractivity contribution >= 4 is 31.7 Å². The predicted octanol–water partition coefficient (Wildman–Crippen LogP) is 2.54. The van der Waals surface area contributed by atoms with Gasteiger partial charge in [0.15, 0.2) is 0 Å². The van der Waals surface area contributed by atoms with E-state index in [0.717, 1.165) is 12.8 Å². The Bertz CT molecular complexity index is 180. The Labute approximate surface area is 89.0 Å². The van der Waals surface area contributed by atoms with Crippen LogP contribution in [0.3, 0.4) is 0 Å². The molecule has 0 rings (SSSR count). The summed E-state index contributed by atoms with van der Waals surface area (Å²) in [6.07, 6.45) is 0.880. The van der Waals surface area contributed by atoms with Crippen molar-refractivity contribution in [2.45, 2.75) is 39.2 Å². The average molecular weight is 301 g/mol. The van der Waals surface area contributed by atoms with Crippen molar-refractivity contribution in [3.8, 4) is 0 Å². The fraction of sp³-hybridized carbons (Fsp3) is 0.750. The lowest BCUT2D eigenvalue weighted by atomic mass is 10.0. The summed E-state index contributed by atoms with van der Waals surface area (Å²) in [7, 11) is 0. The van der Waals surface area contributed by atoms with Crippen LogP contribution < -0.4 is 3.69 Å². The minimum Gasteiger partial charge on any atom is -0.427 e. The molecule has 0 fully saturated rings. The van der Waals surface area contributed by atoms with Gasteiger partial charge in [0.1, 0.15) is 5.60 Å². The first-order valence-electron chi connectivity index (χ1n) is 4.10. The number of hydrogen-bond donors (Lipinski definition) is 1. The molecule has 0 aliphatic heterocycles. The lowest BCUT2D eigenvalue weighted by molar-refractivity contribution is -0.0348. The van der Waals surface area contributed by atoms with Crippen LogP contribution in [0.15, 0.2) is 0 Å². The minimum absolute atomic E-state index is 0.418. The maximum absolute atomic E-state index is 11.0. The number of nitrogens with one attached hydrogen (secondary N) is 1. The Morgan fingerprint density at radius 3 is 2.46 bits per heavy atom. The van der Waals surface area contributed by atoms with E-state index in [1.54, 1.807) is 0 Å². The third-order valence-corrected chi connectivity index (χ3v) is 2.53. The maximum atomic E-state index is 11.0. The topological polar surface area (TPSA) is 47.6 Å². The summed E-state index contributed by atoms with van der Waals surface area (Å²) in [6, 6.07) is 0. The normalized spacial score (nSPS) is 11.0. The molecule has 1 N–H and O–H groups in total. The zero-order chi connectivity index (χ0) is 10.3. The number of ether oxygens (including phenoxy) is 1. The summed E-state index contributed by atoms with van der Waals surface area (Å²) < 4.78 is 11.1. The Balaban J connectivity index is 3.93. The second kappa shape index (κ2) is 6.31. The van der Waals surface area contributed by atoms with Crippen molar-refractivity contribution in [2.24, 2.45) is 0 Å². The van der Waals surface area contributed by atoms with Crippen molar-refractivity contribution in [2.75, 3.05) is 0 Å². The standard InChI is InChI=1S/C8H16INO3/c1-5-8(3,6-2)12-7(11)13-10-9-4/h10H,4-6H2,1-3H3. The third-order valence-electron chi connectivity index (χ3n) is 2.00. The van der Waals surface area contributed by atoms with Crippen LogP contribution >= 0.6 is 21.0 Å². The van der Waals surface area contributed by atoms with Gasteiger partial charge in [-0.2, -0.15) is 0 Å². The largest absolute Gasteiger partial charge is 0.528 e.